The zero-order valence-corrected chi connectivity index (χ0v) is 15.7. The minimum absolute atomic E-state index is 0.00424. The van der Waals surface area contributed by atoms with E-state index in [1.807, 2.05) is 42.5 Å². The Hall–Kier alpha value is -2.62. The number of carboxylic acids is 1. The highest BCUT2D eigenvalue weighted by molar-refractivity contribution is 7.91. The summed E-state index contributed by atoms with van der Waals surface area (Å²) in [6.07, 6.45) is 0.120. The van der Waals surface area contributed by atoms with E-state index in [2.05, 4.69) is 9.36 Å². The predicted molar refractivity (Wildman–Crippen MR) is 99.6 cm³/mol. The fraction of sp³-hybridized carbons (Fsp3) is 0.167. The van der Waals surface area contributed by atoms with Crippen molar-refractivity contribution in [2.24, 2.45) is 0 Å². The molecule has 3 aromatic rings. The molecule has 1 aromatic heterocycles. The number of nitrogens with zero attached hydrogens (tertiary/aromatic N) is 3. The van der Waals surface area contributed by atoms with Gasteiger partial charge in [-0.3, -0.25) is 4.79 Å². The summed E-state index contributed by atoms with van der Waals surface area (Å²) in [5.74, 6) is -0.871. The second kappa shape index (κ2) is 6.84. The average molecular weight is 401 g/mol. The van der Waals surface area contributed by atoms with E-state index in [0.29, 0.717) is 11.4 Å². The van der Waals surface area contributed by atoms with Gasteiger partial charge in [0.05, 0.1) is 0 Å². The number of hydrogen-bond acceptors (Lipinski definition) is 6. The molecule has 0 aliphatic carbocycles. The number of rotatable bonds is 4. The van der Waals surface area contributed by atoms with E-state index in [1.54, 1.807) is 12.1 Å². The van der Waals surface area contributed by atoms with E-state index in [-0.39, 0.29) is 17.3 Å². The normalized spacial score (nSPS) is 17.4. The van der Waals surface area contributed by atoms with Gasteiger partial charge in [0, 0.05) is 18.5 Å². The van der Waals surface area contributed by atoms with Gasteiger partial charge in [-0.05, 0) is 22.7 Å². The van der Waals surface area contributed by atoms with Crippen molar-refractivity contribution < 1.29 is 18.3 Å². The lowest BCUT2D eigenvalue weighted by molar-refractivity contribution is -0.141. The van der Waals surface area contributed by atoms with Gasteiger partial charge in [0.15, 0.2) is 5.82 Å². The average Bonchev–Trinajstić information content (AvgIpc) is 3.19. The summed E-state index contributed by atoms with van der Waals surface area (Å²) >= 11 is 0.756. The molecular formula is C18H15N3O4S2. The number of benzene rings is 2. The van der Waals surface area contributed by atoms with Crippen LogP contribution < -0.4 is 0 Å². The molecule has 0 radical (unpaired) electrons. The van der Waals surface area contributed by atoms with Crippen LogP contribution in [-0.2, 0) is 27.8 Å². The fourth-order valence-electron chi connectivity index (χ4n) is 3.08. The van der Waals surface area contributed by atoms with Gasteiger partial charge in [-0.15, -0.1) is 0 Å². The van der Waals surface area contributed by atoms with Gasteiger partial charge in [-0.1, -0.05) is 54.6 Å². The Balaban J connectivity index is 1.72. The number of aromatic nitrogens is 2. The summed E-state index contributed by atoms with van der Waals surface area (Å²) in [4.78, 5) is 15.9. The van der Waals surface area contributed by atoms with Crippen molar-refractivity contribution in [2.75, 3.05) is 0 Å². The summed E-state index contributed by atoms with van der Waals surface area (Å²) in [5.41, 5.74) is 2.35. The van der Waals surface area contributed by atoms with Gasteiger partial charge < -0.3 is 5.11 Å². The summed E-state index contributed by atoms with van der Waals surface area (Å²) in [6.45, 7) is -0.00424. The molecule has 0 saturated heterocycles. The first-order valence-electron chi connectivity index (χ1n) is 8.17. The van der Waals surface area contributed by atoms with Crippen LogP contribution in [0.5, 0.6) is 0 Å². The summed E-state index contributed by atoms with van der Waals surface area (Å²) in [7, 11) is -4.09. The van der Waals surface area contributed by atoms with Crippen molar-refractivity contribution in [3.05, 3.63) is 65.7 Å². The number of carbonyl (C=O) groups is 1. The molecule has 0 fully saturated rings. The maximum atomic E-state index is 13.1. The van der Waals surface area contributed by atoms with E-state index in [0.717, 1.165) is 27.0 Å². The van der Waals surface area contributed by atoms with Gasteiger partial charge in [0.25, 0.3) is 10.0 Å². The molecule has 0 amide bonds. The Morgan fingerprint density at radius 1 is 1.07 bits per heavy atom. The molecule has 27 heavy (non-hydrogen) atoms. The topological polar surface area (TPSA) is 100 Å². The largest absolute Gasteiger partial charge is 0.480 e. The van der Waals surface area contributed by atoms with E-state index >= 15 is 0 Å². The molecule has 1 atom stereocenters. The molecule has 138 valence electrons. The first kappa shape index (κ1) is 17.8. The van der Waals surface area contributed by atoms with Crippen LogP contribution in [-0.4, -0.2) is 39.2 Å². The highest BCUT2D eigenvalue weighted by Gasteiger charge is 2.41. The molecule has 1 aliphatic heterocycles. The molecule has 4 rings (SSSR count). The van der Waals surface area contributed by atoms with Crippen molar-refractivity contribution in [3.8, 4) is 11.4 Å². The summed E-state index contributed by atoms with van der Waals surface area (Å²) < 4.78 is 31.2. The van der Waals surface area contributed by atoms with Gasteiger partial charge in [-0.25, -0.2) is 13.4 Å². The quantitative estimate of drug-likeness (QED) is 0.721. The van der Waals surface area contributed by atoms with Crippen LogP contribution >= 0.6 is 11.5 Å². The Labute approximate surface area is 160 Å². The minimum Gasteiger partial charge on any atom is -0.480 e. The maximum Gasteiger partial charge on any atom is 0.322 e. The second-order valence-corrected chi connectivity index (χ2v) is 8.94. The number of aliphatic carboxylic acids is 1. The molecule has 2 heterocycles. The lowest BCUT2D eigenvalue weighted by Gasteiger charge is -2.32. The second-order valence-electron chi connectivity index (χ2n) is 6.13. The molecule has 2 aromatic carbocycles. The minimum atomic E-state index is -4.09. The third-order valence-corrected chi connectivity index (χ3v) is 7.36. The SMILES string of the molecule is O=C(O)C1Cc2ccccc2CN1S(=O)(=O)c1nc(-c2ccccc2)ns1. The van der Waals surface area contributed by atoms with Crippen LogP contribution in [0.25, 0.3) is 11.4 Å². The van der Waals surface area contributed by atoms with Crippen molar-refractivity contribution in [1.29, 1.82) is 0 Å². The van der Waals surface area contributed by atoms with Crippen LogP contribution in [0.4, 0.5) is 0 Å². The number of fused-ring (bicyclic) bond motifs is 1. The van der Waals surface area contributed by atoms with E-state index in [4.69, 9.17) is 0 Å². The first-order chi connectivity index (χ1) is 13.0. The van der Waals surface area contributed by atoms with Crippen LogP contribution in [0, 0.1) is 0 Å². The molecule has 9 heteroatoms. The zero-order valence-electron chi connectivity index (χ0n) is 14.0. The number of hydrogen-bond donors (Lipinski definition) is 1. The molecule has 1 unspecified atom stereocenters. The van der Waals surface area contributed by atoms with Crippen LogP contribution in [0.2, 0.25) is 0 Å². The monoisotopic (exact) mass is 401 g/mol. The molecule has 1 N–H and O–H groups in total. The molecular weight excluding hydrogens is 386 g/mol. The third-order valence-electron chi connectivity index (χ3n) is 4.46. The van der Waals surface area contributed by atoms with E-state index in [9.17, 15) is 18.3 Å². The third kappa shape index (κ3) is 3.25. The Kier molecular flexibility index (Phi) is 4.50. The maximum absolute atomic E-state index is 13.1. The van der Waals surface area contributed by atoms with Crippen LogP contribution in [0.3, 0.4) is 0 Å². The van der Waals surface area contributed by atoms with Crippen molar-refractivity contribution in [3.63, 3.8) is 0 Å². The Morgan fingerprint density at radius 2 is 1.74 bits per heavy atom. The van der Waals surface area contributed by atoms with Crippen molar-refractivity contribution in [1.82, 2.24) is 13.7 Å². The highest BCUT2D eigenvalue weighted by atomic mass is 32.2. The lowest BCUT2D eigenvalue weighted by Crippen LogP contribution is -2.48. The molecule has 7 nitrogen and oxygen atoms in total. The van der Waals surface area contributed by atoms with Crippen LogP contribution in [0.1, 0.15) is 11.1 Å². The number of sulfonamides is 1. The van der Waals surface area contributed by atoms with Crippen molar-refractivity contribution in [2.45, 2.75) is 23.3 Å². The van der Waals surface area contributed by atoms with E-state index in [1.165, 1.54) is 0 Å². The van der Waals surface area contributed by atoms with Crippen LogP contribution in [0.15, 0.2) is 58.9 Å². The summed E-state index contributed by atoms with van der Waals surface area (Å²) in [5, 5.41) is 9.59. The molecule has 0 spiro atoms. The molecule has 0 saturated carbocycles. The van der Waals surface area contributed by atoms with E-state index < -0.39 is 22.0 Å². The van der Waals surface area contributed by atoms with Gasteiger partial charge in [0.1, 0.15) is 6.04 Å². The standard InChI is InChI=1S/C18H15N3O4S2/c22-17(23)15-10-13-8-4-5-9-14(13)11-21(15)27(24,25)18-19-16(20-26-18)12-6-2-1-3-7-12/h1-9,15H,10-11H2,(H,22,23). The number of carboxylic acid groups (broad SMARTS) is 1. The molecule has 0 bridgehead atoms. The van der Waals surface area contributed by atoms with Gasteiger partial charge in [0.2, 0.25) is 4.34 Å². The highest BCUT2D eigenvalue weighted by Crippen LogP contribution is 2.31. The van der Waals surface area contributed by atoms with Gasteiger partial charge >= 0.3 is 5.97 Å². The smallest absolute Gasteiger partial charge is 0.322 e. The van der Waals surface area contributed by atoms with Gasteiger partial charge in [-0.2, -0.15) is 8.68 Å². The summed E-state index contributed by atoms with van der Waals surface area (Å²) in [6, 6.07) is 15.1. The fourth-order valence-corrected chi connectivity index (χ4v) is 5.51. The Bertz CT molecular complexity index is 1100. The predicted octanol–water partition coefficient (Wildman–Crippen LogP) is 2.41. The van der Waals surface area contributed by atoms with Crippen molar-refractivity contribution >= 4 is 27.5 Å². The first-order valence-corrected chi connectivity index (χ1v) is 10.4. The molecule has 1 aliphatic rings. The zero-order chi connectivity index (χ0) is 19.0. The Morgan fingerprint density at radius 3 is 2.44 bits per heavy atom. The lowest BCUT2D eigenvalue weighted by atomic mass is 9.96.